The second-order valence-corrected chi connectivity index (χ2v) is 5.59. The minimum absolute atomic E-state index is 0.0163. The zero-order valence-electron chi connectivity index (χ0n) is 12.2. The third kappa shape index (κ3) is 3.13. The van der Waals surface area contributed by atoms with Crippen LogP contribution < -0.4 is 10.6 Å². The van der Waals surface area contributed by atoms with E-state index >= 15 is 0 Å². The molecule has 2 rings (SSSR count). The number of nitrogens with zero attached hydrogens (tertiary/aromatic N) is 1. The molecule has 19 heavy (non-hydrogen) atoms. The molecule has 0 aromatic carbocycles. The summed E-state index contributed by atoms with van der Waals surface area (Å²) in [5, 5.41) is 6.57. The molecule has 1 saturated heterocycles. The number of hydrogen-bond donors (Lipinski definition) is 2. The van der Waals surface area contributed by atoms with Crippen LogP contribution >= 0.6 is 0 Å². The molecule has 1 aliphatic heterocycles. The van der Waals surface area contributed by atoms with Gasteiger partial charge >= 0.3 is 0 Å². The third-order valence-corrected chi connectivity index (χ3v) is 3.99. The first kappa shape index (κ1) is 14.0. The van der Waals surface area contributed by atoms with Crippen molar-refractivity contribution in [3.05, 3.63) is 29.1 Å². The largest absolute Gasteiger partial charge is 0.347 e. The fraction of sp³-hybridized carbons (Fsp3) is 0.600. The van der Waals surface area contributed by atoms with Gasteiger partial charge in [-0.1, -0.05) is 6.92 Å². The number of hydrogen-bond acceptors (Lipinski definition) is 3. The normalized spacial score (nSPS) is 27.1. The van der Waals surface area contributed by atoms with Crippen LogP contribution in [0.4, 0.5) is 0 Å². The average Bonchev–Trinajstić information content (AvgIpc) is 2.33. The SMILES string of the molecule is Cc1ccc(C(=O)NC2C(C)CCNC2C)c(C)n1. The van der Waals surface area contributed by atoms with Crippen LogP contribution in [0.1, 0.15) is 42.0 Å². The van der Waals surface area contributed by atoms with Crippen molar-refractivity contribution in [3.8, 4) is 0 Å². The van der Waals surface area contributed by atoms with Gasteiger partial charge in [0.25, 0.3) is 5.91 Å². The maximum absolute atomic E-state index is 12.4. The molecular formula is C15H23N3O. The average molecular weight is 261 g/mol. The van der Waals surface area contributed by atoms with Gasteiger partial charge in [0, 0.05) is 17.8 Å². The van der Waals surface area contributed by atoms with Gasteiger partial charge in [-0.25, -0.2) is 0 Å². The van der Waals surface area contributed by atoms with Crippen LogP contribution in [-0.4, -0.2) is 29.5 Å². The summed E-state index contributed by atoms with van der Waals surface area (Å²) in [6.07, 6.45) is 1.10. The van der Waals surface area contributed by atoms with Gasteiger partial charge in [-0.05, 0) is 51.8 Å². The minimum atomic E-state index is -0.0163. The highest BCUT2D eigenvalue weighted by Gasteiger charge is 2.29. The van der Waals surface area contributed by atoms with Crippen molar-refractivity contribution in [2.24, 2.45) is 5.92 Å². The van der Waals surface area contributed by atoms with Crippen molar-refractivity contribution < 1.29 is 4.79 Å². The van der Waals surface area contributed by atoms with Crippen LogP contribution in [0.2, 0.25) is 0 Å². The summed E-state index contributed by atoms with van der Waals surface area (Å²) < 4.78 is 0. The molecule has 1 fully saturated rings. The quantitative estimate of drug-likeness (QED) is 0.854. The number of rotatable bonds is 2. The number of pyridine rings is 1. The van der Waals surface area contributed by atoms with E-state index in [2.05, 4.69) is 29.5 Å². The van der Waals surface area contributed by atoms with Crippen molar-refractivity contribution in [1.29, 1.82) is 0 Å². The summed E-state index contributed by atoms with van der Waals surface area (Å²) in [4.78, 5) is 16.7. The minimum Gasteiger partial charge on any atom is -0.347 e. The monoisotopic (exact) mass is 261 g/mol. The molecule has 1 aromatic rings. The van der Waals surface area contributed by atoms with Gasteiger partial charge in [0.15, 0.2) is 0 Å². The van der Waals surface area contributed by atoms with Crippen LogP contribution in [0.15, 0.2) is 12.1 Å². The predicted molar refractivity (Wildman–Crippen MR) is 76.2 cm³/mol. The standard InChI is InChI=1S/C15H23N3O/c1-9-7-8-16-12(4)14(9)18-15(19)13-6-5-10(2)17-11(13)3/h5-6,9,12,14,16H,7-8H2,1-4H3,(H,18,19). The van der Waals surface area contributed by atoms with Crippen LogP contribution in [-0.2, 0) is 0 Å². The number of amides is 1. The number of aromatic nitrogens is 1. The van der Waals surface area contributed by atoms with Gasteiger partial charge in [-0.15, -0.1) is 0 Å². The molecule has 104 valence electrons. The summed E-state index contributed by atoms with van der Waals surface area (Å²) >= 11 is 0. The first-order chi connectivity index (χ1) is 8.99. The number of carbonyl (C=O) groups excluding carboxylic acids is 1. The number of aryl methyl sites for hydroxylation is 2. The van der Waals surface area contributed by atoms with Crippen molar-refractivity contribution in [2.45, 2.75) is 46.2 Å². The molecule has 2 N–H and O–H groups in total. The summed E-state index contributed by atoms with van der Waals surface area (Å²) in [5.41, 5.74) is 2.41. The Labute approximate surface area is 115 Å². The Hall–Kier alpha value is -1.42. The van der Waals surface area contributed by atoms with Gasteiger partial charge in [0.2, 0.25) is 0 Å². The predicted octanol–water partition coefficient (Wildman–Crippen LogP) is 1.81. The van der Waals surface area contributed by atoms with Gasteiger partial charge < -0.3 is 10.6 Å². The fourth-order valence-electron chi connectivity index (χ4n) is 2.76. The molecule has 0 aliphatic carbocycles. The van der Waals surface area contributed by atoms with E-state index in [4.69, 9.17) is 0 Å². The molecule has 1 amide bonds. The van der Waals surface area contributed by atoms with E-state index < -0.39 is 0 Å². The van der Waals surface area contributed by atoms with E-state index in [0.717, 1.165) is 24.4 Å². The Morgan fingerprint density at radius 2 is 2.11 bits per heavy atom. The fourth-order valence-corrected chi connectivity index (χ4v) is 2.76. The Morgan fingerprint density at radius 1 is 1.37 bits per heavy atom. The maximum Gasteiger partial charge on any atom is 0.253 e. The summed E-state index contributed by atoms with van der Waals surface area (Å²) in [5.74, 6) is 0.483. The van der Waals surface area contributed by atoms with Crippen molar-refractivity contribution in [3.63, 3.8) is 0 Å². The number of carbonyl (C=O) groups is 1. The lowest BCUT2D eigenvalue weighted by molar-refractivity contribution is 0.0896. The highest BCUT2D eigenvalue weighted by atomic mass is 16.1. The van der Waals surface area contributed by atoms with Gasteiger partial charge in [-0.3, -0.25) is 9.78 Å². The number of nitrogens with one attached hydrogen (secondary N) is 2. The molecule has 2 heterocycles. The molecule has 1 aliphatic rings. The highest BCUT2D eigenvalue weighted by Crippen LogP contribution is 2.17. The Bertz CT molecular complexity index is 462. The molecule has 4 heteroatoms. The highest BCUT2D eigenvalue weighted by molar-refractivity contribution is 5.95. The van der Waals surface area contributed by atoms with E-state index in [1.165, 1.54) is 0 Å². The van der Waals surface area contributed by atoms with Crippen molar-refractivity contribution >= 4 is 5.91 Å². The van der Waals surface area contributed by atoms with Gasteiger partial charge in [0.05, 0.1) is 11.3 Å². The molecule has 0 radical (unpaired) electrons. The van der Waals surface area contributed by atoms with Gasteiger partial charge in [-0.2, -0.15) is 0 Å². The van der Waals surface area contributed by atoms with E-state index in [9.17, 15) is 4.79 Å². The van der Waals surface area contributed by atoms with Crippen LogP contribution in [0.5, 0.6) is 0 Å². The van der Waals surface area contributed by atoms with E-state index in [1.807, 2.05) is 26.0 Å². The second-order valence-electron chi connectivity index (χ2n) is 5.59. The summed E-state index contributed by atoms with van der Waals surface area (Å²) in [6, 6.07) is 4.24. The molecule has 0 spiro atoms. The summed E-state index contributed by atoms with van der Waals surface area (Å²) in [6.45, 7) is 9.17. The molecule has 0 saturated carbocycles. The Kier molecular flexibility index (Phi) is 4.20. The molecule has 1 aromatic heterocycles. The maximum atomic E-state index is 12.4. The number of piperidine rings is 1. The first-order valence-electron chi connectivity index (χ1n) is 6.97. The molecule has 4 nitrogen and oxygen atoms in total. The van der Waals surface area contributed by atoms with E-state index in [1.54, 1.807) is 0 Å². The molecule has 3 unspecified atom stereocenters. The van der Waals surface area contributed by atoms with E-state index in [-0.39, 0.29) is 11.9 Å². The third-order valence-electron chi connectivity index (χ3n) is 3.99. The van der Waals surface area contributed by atoms with E-state index in [0.29, 0.717) is 17.5 Å². The lowest BCUT2D eigenvalue weighted by atomic mass is 9.89. The van der Waals surface area contributed by atoms with Crippen molar-refractivity contribution in [2.75, 3.05) is 6.54 Å². The zero-order chi connectivity index (χ0) is 14.0. The van der Waals surface area contributed by atoms with Crippen LogP contribution in [0, 0.1) is 19.8 Å². The molecule has 3 atom stereocenters. The molecule has 0 bridgehead atoms. The van der Waals surface area contributed by atoms with Crippen molar-refractivity contribution in [1.82, 2.24) is 15.6 Å². The Balaban J connectivity index is 2.11. The zero-order valence-corrected chi connectivity index (χ0v) is 12.2. The second kappa shape index (κ2) is 5.70. The van der Waals surface area contributed by atoms with Gasteiger partial charge in [0.1, 0.15) is 0 Å². The topological polar surface area (TPSA) is 54.0 Å². The summed E-state index contributed by atoms with van der Waals surface area (Å²) in [7, 11) is 0. The van der Waals surface area contributed by atoms with Crippen LogP contribution in [0.3, 0.4) is 0 Å². The first-order valence-corrected chi connectivity index (χ1v) is 6.97. The smallest absolute Gasteiger partial charge is 0.253 e. The Morgan fingerprint density at radius 3 is 2.74 bits per heavy atom. The van der Waals surface area contributed by atoms with Crippen LogP contribution in [0.25, 0.3) is 0 Å². The lowest BCUT2D eigenvalue weighted by Gasteiger charge is -2.36. The molecular weight excluding hydrogens is 238 g/mol. The lowest BCUT2D eigenvalue weighted by Crippen LogP contribution is -2.56.